The number of amides is 1. The van der Waals surface area contributed by atoms with E-state index in [2.05, 4.69) is 5.32 Å². The van der Waals surface area contributed by atoms with Crippen LogP contribution in [0.4, 0.5) is 11.4 Å². The number of benzene rings is 1. The molecule has 1 aromatic rings. The van der Waals surface area contributed by atoms with Gasteiger partial charge in [-0.15, -0.1) is 12.4 Å². The Labute approximate surface area is 111 Å². The zero-order chi connectivity index (χ0) is 12.4. The Balaban J connectivity index is 0.00000162. The fraction of sp³-hybridized carbons (Fsp3) is 0.364. The van der Waals surface area contributed by atoms with E-state index in [0.29, 0.717) is 22.9 Å². The van der Waals surface area contributed by atoms with E-state index >= 15 is 0 Å². The van der Waals surface area contributed by atoms with Crippen LogP contribution in [0.2, 0.25) is 0 Å². The van der Waals surface area contributed by atoms with Gasteiger partial charge in [-0.25, -0.2) is 0 Å². The third-order valence-electron chi connectivity index (χ3n) is 2.53. The quantitative estimate of drug-likeness (QED) is 0.814. The number of anilines is 2. The predicted octanol–water partition coefficient (Wildman–Crippen LogP) is 1.39. The lowest BCUT2D eigenvalue weighted by Crippen LogP contribution is -2.26. The van der Waals surface area contributed by atoms with Crippen molar-refractivity contribution in [2.75, 3.05) is 25.0 Å². The summed E-state index contributed by atoms with van der Waals surface area (Å²) in [5.41, 5.74) is 6.70. The molecule has 18 heavy (non-hydrogen) atoms. The average Bonchev–Trinajstić information content (AvgIpc) is 2.75. The molecule has 0 fully saturated rings. The monoisotopic (exact) mass is 274 g/mol. The van der Waals surface area contributed by atoms with Crippen molar-refractivity contribution >= 4 is 29.7 Å². The summed E-state index contributed by atoms with van der Waals surface area (Å²) < 4.78 is 15.3. The van der Waals surface area contributed by atoms with E-state index in [9.17, 15) is 4.79 Å². The lowest BCUT2D eigenvalue weighted by Gasteiger charge is -2.12. The Bertz CT molecular complexity index is 453. The molecule has 0 aromatic heterocycles. The summed E-state index contributed by atoms with van der Waals surface area (Å²) in [5, 5.41) is 2.67. The van der Waals surface area contributed by atoms with Gasteiger partial charge in [0.05, 0.1) is 11.4 Å². The molecule has 0 saturated carbocycles. The largest absolute Gasteiger partial charge is 0.454 e. The fourth-order valence-corrected chi connectivity index (χ4v) is 1.41. The lowest BCUT2D eigenvalue weighted by atomic mass is 10.2. The van der Waals surface area contributed by atoms with Gasteiger partial charge in [0.25, 0.3) is 5.91 Å². The van der Waals surface area contributed by atoms with E-state index in [1.807, 2.05) is 0 Å². The van der Waals surface area contributed by atoms with Crippen LogP contribution in [0.3, 0.4) is 0 Å². The minimum atomic E-state index is -0.542. The Morgan fingerprint density at radius 1 is 1.44 bits per heavy atom. The second-order valence-corrected chi connectivity index (χ2v) is 3.66. The molecule has 1 atom stereocenters. The van der Waals surface area contributed by atoms with Gasteiger partial charge in [-0.1, -0.05) is 0 Å². The SMILES string of the molecule is COC(C)C(=O)Nc1cc2c(cc1N)OCO2.Cl. The Morgan fingerprint density at radius 3 is 2.67 bits per heavy atom. The van der Waals surface area contributed by atoms with Crippen molar-refractivity contribution in [2.24, 2.45) is 0 Å². The molecular weight excluding hydrogens is 260 g/mol. The number of fused-ring (bicyclic) bond motifs is 1. The van der Waals surface area contributed by atoms with E-state index in [1.165, 1.54) is 7.11 Å². The highest BCUT2D eigenvalue weighted by molar-refractivity contribution is 5.97. The molecular formula is C11H15ClN2O4. The molecule has 1 amide bonds. The van der Waals surface area contributed by atoms with Crippen LogP contribution in [0.5, 0.6) is 11.5 Å². The Morgan fingerprint density at radius 2 is 2.06 bits per heavy atom. The van der Waals surface area contributed by atoms with Gasteiger partial charge in [0.1, 0.15) is 6.10 Å². The summed E-state index contributed by atoms with van der Waals surface area (Å²) in [5.74, 6) is 0.887. The van der Waals surface area contributed by atoms with Gasteiger partial charge in [0.15, 0.2) is 11.5 Å². The van der Waals surface area contributed by atoms with Crippen molar-refractivity contribution in [1.29, 1.82) is 0 Å². The number of nitrogens with two attached hydrogens (primary N) is 1. The van der Waals surface area contributed by atoms with Crippen molar-refractivity contribution < 1.29 is 19.0 Å². The standard InChI is InChI=1S/C11H14N2O4.ClH/c1-6(15-2)11(14)13-8-4-10-9(3-7(8)12)16-5-17-10;/h3-4,6H,5,12H2,1-2H3,(H,13,14);1H. The highest BCUT2D eigenvalue weighted by Gasteiger charge is 2.18. The summed E-state index contributed by atoms with van der Waals surface area (Å²) in [6, 6.07) is 3.26. The van der Waals surface area contributed by atoms with Crippen LogP contribution in [0.15, 0.2) is 12.1 Å². The van der Waals surface area contributed by atoms with Crippen molar-refractivity contribution in [2.45, 2.75) is 13.0 Å². The van der Waals surface area contributed by atoms with Crippen LogP contribution < -0.4 is 20.5 Å². The number of nitrogen functional groups attached to an aromatic ring is 1. The number of hydrogen-bond acceptors (Lipinski definition) is 5. The van der Waals surface area contributed by atoms with Crippen LogP contribution in [-0.4, -0.2) is 25.9 Å². The van der Waals surface area contributed by atoms with E-state index < -0.39 is 6.10 Å². The van der Waals surface area contributed by atoms with Gasteiger partial charge in [-0.2, -0.15) is 0 Å². The molecule has 1 aromatic carbocycles. The van der Waals surface area contributed by atoms with Crippen molar-refractivity contribution in [3.8, 4) is 11.5 Å². The number of carbonyl (C=O) groups excluding carboxylic acids is 1. The number of ether oxygens (including phenoxy) is 3. The van der Waals surface area contributed by atoms with Gasteiger partial charge >= 0.3 is 0 Å². The van der Waals surface area contributed by atoms with Gasteiger partial charge in [-0.05, 0) is 6.92 Å². The second-order valence-electron chi connectivity index (χ2n) is 3.66. The van der Waals surface area contributed by atoms with Gasteiger partial charge < -0.3 is 25.3 Å². The molecule has 0 aliphatic carbocycles. The first-order valence-corrected chi connectivity index (χ1v) is 5.14. The molecule has 7 heteroatoms. The van der Waals surface area contributed by atoms with Crippen LogP contribution in [0.25, 0.3) is 0 Å². The lowest BCUT2D eigenvalue weighted by molar-refractivity contribution is -0.124. The number of rotatable bonds is 3. The molecule has 100 valence electrons. The third kappa shape index (κ3) is 2.77. The summed E-state index contributed by atoms with van der Waals surface area (Å²) in [4.78, 5) is 11.6. The normalized spacial score (nSPS) is 13.7. The molecule has 0 spiro atoms. The molecule has 2 rings (SSSR count). The highest BCUT2D eigenvalue weighted by atomic mass is 35.5. The van der Waals surface area contributed by atoms with Crippen LogP contribution in [0, 0.1) is 0 Å². The first-order chi connectivity index (χ1) is 8.11. The molecule has 3 N–H and O–H groups in total. The number of nitrogens with one attached hydrogen (secondary N) is 1. The summed E-state index contributed by atoms with van der Waals surface area (Å²) in [7, 11) is 1.47. The van der Waals surface area contributed by atoms with Crippen LogP contribution >= 0.6 is 12.4 Å². The smallest absolute Gasteiger partial charge is 0.253 e. The van der Waals surface area contributed by atoms with E-state index in [1.54, 1.807) is 19.1 Å². The summed E-state index contributed by atoms with van der Waals surface area (Å²) in [6.07, 6.45) is -0.542. The van der Waals surface area contributed by atoms with E-state index in [4.69, 9.17) is 19.9 Å². The second kappa shape index (κ2) is 5.79. The molecule has 0 bridgehead atoms. The fourth-order valence-electron chi connectivity index (χ4n) is 1.41. The van der Waals surface area contributed by atoms with Crippen LogP contribution in [0.1, 0.15) is 6.92 Å². The minimum Gasteiger partial charge on any atom is -0.454 e. The average molecular weight is 275 g/mol. The molecule has 6 nitrogen and oxygen atoms in total. The first-order valence-electron chi connectivity index (χ1n) is 5.14. The van der Waals surface area contributed by atoms with Crippen LogP contribution in [-0.2, 0) is 9.53 Å². The first kappa shape index (κ1) is 14.4. The zero-order valence-electron chi connectivity index (χ0n) is 10.1. The molecule has 1 aliphatic rings. The molecule has 1 heterocycles. The molecule has 1 unspecified atom stereocenters. The maximum absolute atomic E-state index is 11.6. The molecule has 0 radical (unpaired) electrons. The maximum atomic E-state index is 11.6. The van der Waals surface area contributed by atoms with Crippen molar-refractivity contribution in [1.82, 2.24) is 0 Å². The van der Waals surface area contributed by atoms with Crippen molar-refractivity contribution in [3.63, 3.8) is 0 Å². The number of carbonyl (C=O) groups is 1. The molecule has 1 aliphatic heterocycles. The third-order valence-corrected chi connectivity index (χ3v) is 2.53. The molecule has 0 saturated heterocycles. The maximum Gasteiger partial charge on any atom is 0.253 e. The van der Waals surface area contributed by atoms with Gasteiger partial charge in [-0.3, -0.25) is 4.79 Å². The van der Waals surface area contributed by atoms with Gasteiger partial charge in [0.2, 0.25) is 6.79 Å². The number of halogens is 1. The van der Waals surface area contributed by atoms with E-state index in [-0.39, 0.29) is 25.1 Å². The van der Waals surface area contributed by atoms with E-state index in [0.717, 1.165) is 0 Å². The summed E-state index contributed by atoms with van der Waals surface area (Å²) >= 11 is 0. The Kier molecular flexibility index (Phi) is 4.63. The van der Waals surface area contributed by atoms with Crippen molar-refractivity contribution in [3.05, 3.63) is 12.1 Å². The number of hydrogen-bond donors (Lipinski definition) is 2. The predicted molar refractivity (Wildman–Crippen MR) is 69.3 cm³/mol. The summed E-state index contributed by atoms with van der Waals surface area (Å²) in [6.45, 7) is 1.82. The zero-order valence-corrected chi connectivity index (χ0v) is 10.9. The van der Waals surface area contributed by atoms with Gasteiger partial charge in [0, 0.05) is 19.2 Å². The Hall–Kier alpha value is -1.66. The number of methoxy groups -OCH3 is 1. The highest BCUT2D eigenvalue weighted by Crippen LogP contribution is 2.38. The topological polar surface area (TPSA) is 82.8 Å². The minimum absolute atomic E-state index is 0.